The highest BCUT2D eigenvalue weighted by Gasteiger charge is 2.39. The van der Waals surface area contributed by atoms with E-state index in [4.69, 9.17) is 0 Å². The number of nitrogens with zero attached hydrogens (tertiary/aromatic N) is 1. The highest BCUT2D eigenvalue weighted by atomic mass is 19.3. The van der Waals surface area contributed by atoms with E-state index in [1.54, 1.807) is 0 Å². The Bertz CT molecular complexity index is 219. The molecular weight excluding hydrogens is 210 g/mol. The molecule has 0 radical (unpaired) electrons. The van der Waals surface area contributed by atoms with Crippen molar-refractivity contribution in [1.29, 1.82) is 0 Å². The van der Waals surface area contributed by atoms with E-state index in [1.807, 2.05) is 4.90 Å². The summed E-state index contributed by atoms with van der Waals surface area (Å²) in [6.07, 6.45) is 2.47. The monoisotopic (exact) mass is 232 g/mol. The molecule has 2 fully saturated rings. The summed E-state index contributed by atoms with van der Waals surface area (Å²) in [5.74, 6) is 0.675. The van der Waals surface area contributed by atoms with Crippen molar-refractivity contribution in [3.63, 3.8) is 0 Å². The van der Waals surface area contributed by atoms with Gasteiger partial charge in [0.15, 0.2) is 0 Å². The molecule has 2 atom stereocenters. The molecule has 94 valence electrons. The van der Waals surface area contributed by atoms with Crippen LogP contribution in [0.1, 0.15) is 32.6 Å². The van der Waals surface area contributed by atoms with Crippen molar-refractivity contribution in [1.82, 2.24) is 10.2 Å². The smallest absolute Gasteiger partial charge is 0.251 e. The average molecular weight is 232 g/mol. The fraction of sp³-hybridized carbons (Fsp3) is 1.00. The molecule has 0 aromatic rings. The molecule has 2 nitrogen and oxygen atoms in total. The molecular formula is C12H22F2N2. The van der Waals surface area contributed by atoms with Crippen molar-refractivity contribution in [2.75, 3.05) is 19.6 Å². The van der Waals surface area contributed by atoms with Crippen molar-refractivity contribution in [2.45, 2.75) is 51.1 Å². The van der Waals surface area contributed by atoms with Crippen LogP contribution in [0.25, 0.3) is 0 Å². The summed E-state index contributed by atoms with van der Waals surface area (Å²) in [7, 11) is 0. The minimum atomic E-state index is -2.19. The van der Waals surface area contributed by atoms with Crippen LogP contribution in [-0.2, 0) is 0 Å². The maximum absolute atomic E-state index is 12.5. The second-order valence-electron chi connectivity index (χ2n) is 5.14. The molecule has 0 amide bonds. The van der Waals surface area contributed by atoms with Crippen LogP contribution < -0.4 is 5.32 Å². The van der Waals surface area contributed by atoms with Crippen LogP contribution in [0.2, 0.25) is 0 Å². The third-order valence-electron chi connectivity index (χ3n) is 3.72. The van der Waals surface area contributed by atoms with Crippen molar-refractivity contribution in [2.24, 2.45) is 5.92 Å². The van der Waals surface area contributed by atoms with E-state index in [-0.39, 0.29) is 6.54 Å². The first-order valence-corrected chi connectivity index (χ1v) is 6.46. The molecule has 16 heavy (non-hydrogen) atoms. The lowest BCUT2D eigenvalue weighted by molar-refractivity contribution is 0.0351. The first kappa shape index (κ1) is 12.2. The van der Waals surface area contributed by atoms with Gasteiger partial charge in [-0.15, -0.1) is 0 Å². The topological polar surface area (TPSA) is 15.3 Å². The number of nitrogens with one attached hydrogen (secondary N) is 1. The molecule has 2 aliphatic rings. The largest absolute Gasteiger partial charge is 0.311 e. The molecule has 2 unspecified atom stereocenters. The Morgan fingerprint density at radius 2 is 2.12 bits per heavy atom. The SMILES string of the molecule is CCCC1CN(CC(F)F)C(C2CC2)CN1. The predicted octanol–water partition coefficient (Wildman–Crippen LogP) is 2.10. The van der Waals surface area contributed by atoms with Gasteiger partial charge in [0.1, 0.15) is 0 Å². The van der Waals surface area contributed by atoms with Gasteiger partial charge in [-0.05, 0) is 25.2 Å². The number of rotatable bonds is 5. The average Bonchev–Trinajstić information content (AvgIpc) is 3.01. The minimum absolute atomic E-state index is 0.0386. The maximum Gasteiger partial charge on any atom is 0.251 e. The lowest BCUT2D eigenvalue weighted by atomic mass is 10.0. The standard InChI is InChI=1S/C12H22F2N2/c1-2-3-10-7-16(8-12(13)14)11(6-15-10)9-4-5-9/h9-12,15H,2-8H2,1H3. The van der Waals surface area contributed by atoms with Gasteiger partial charge < -0.3 is 5.32 Å². The number of alkyl halides is 2. The maximum atomic E-state index is 12.5. The van der Waals surface area contributed by atoms with E-state index in [0.29, 0.717) is 18.0 Å². The molecule has 1 saturated heterocycles. The molecule has 1 aliphatic carbocycles. The van der Waals surface area contributed by atoms with Gasteiger partial charge in [-0.3, -0.25) is 4.90 Å². The third kappa shape index (κ3) is 3.14. The Balaban J connectivity index is 1.89. The summed E-state index contributed by atoms with van der Waals surface area (Å²) in [6, 6.07) is 0.779. The van der Waals surface area contributed by atoms with Crippen LogP contribution in [0, 0.1) is 5.92 Å². The third-order valence-corrected chi connectivity index (χ3v) is 3.72. The molecule has 1 saturated carbocycles. The first-order chi connectivity index (χ1) is 7.70. The van der Waals surface area contributed by atoms with Crippen molar-refractivity contribution in [3.8, 4) is 0 Å². The summed E-state index contributed by atoms with van der Waals surface area (Å²) in [4.78, 5) is 2.03. The molecule has 0 aromatic heterocycles. The zero-order chi connectivity index (χ0) is 11.5. The molecule has 2 rings (SSSR count). The fourth-order valence-corrected chi connectivity index (χ4v) is 2.77. The van der Waals surface area contributed by atoms with Crippen LogP contribution in [0.15, 0.2) is 0 Å². The van der Waals surface area contributed by atoms with Crippen molar-refractivity contribution in [3.05, 3.63) is 0 Å². The Hall–Kier alpha value is -0.220. The Labute approximate surface area is 96.4 Å². The fourth-order valence-electron chi connectivity index (χ4n) is 2.77. The molecule has 4 heteroatoms. The summed E-state index contributed by atoms with van der Waals surface area (Å²) in [5, 5.41) is 3.51. The normalized spacial score (nSPS) is 32.2. The van der Waals surface area contributed by atoms with E-state index in [0.717, 1.165) is 25.9 Å². The van der Waals surface area contributed by atoms with E-state index in [2.05, 4.69) is 12.2 Å². The van der Waals surface area contributed by atoms with Gasteiger partial charge in [0.2, 0.25) is 0 Å². The van der Waals surface area contributed by atoms with Gasteiger partial charge in [0.25, 0.3) is 6.43 Å². The summed E-state index contributed by atoms with van der Waals surface area (Å²) >= 11 is 0. The predicted molar refractivity (Wildman–Crippen MR) is 60.8 cm³/mol. The zero-order valence-corrected chi connectivity index (χ0v) is 9.96. The van der Waals surface area contributed by atoms with Gasteiger partial charge in [-0.25, -0.2) is 8.78 Å². The van der Waals surface area contributed by atoms with Gasteiger partial charge in [-0.1, -0.05) is 13.3 Å². The van der Waals surface area contributed by atoms with E-state index >= 15 is 0 Å². The quantitative estimate of drug-likeness (QED) is 0.781. The van der Waals surface area contributed by atoms with Gasteiger partial charge >= 0.3 is 0 Å². The van der Waals surface area contributed by atoms with E-state index in [1.165, 1.54) is 12.8 Å². The van der Waals surface area contributed by atoms with Gasteiger partial charge in [-0.2, -0.15) is 0 Å². The number of hydrogen-bond acceptors (Lipinski definition) is 2. The highest BCUT2D eigenvalue weighted by Crippen LogP contribution is 2.36. The van der Waals surface area contributed by atoms with Crippen LogP contribution in [0.5, 0.6) is 0 Å². The van der Waals surface area contributed by atoms with Crippen molar-refractivity contribution < 1.29 is 8.78 Å². The number of piperazine rings is 1. The summed E-state index contributed by atoms with van der Waals surface area (Å²) < 4.78 is 25.1. The lowest BCUT2D eigenvalue weighted by Gasteiger charge is -2.40. The molecule has 1 heterocycles. The Morgan fingerprint density at radius 3 is 2.69 bits per heavy atom. The molecule has 0 bridgehead atoms. The molecule has 0 spiro atoms. The first-order valence-electron chi connectivity index (χ1n) is 6.46. The second kappa shape index (κ2) is 5.41. The van der Waals surface area contributed by atoms with Gasteiger partial charge in [0, 0.05) is 25.2 Å². The molecule has 1 aliphatic heterocycles. The minimum Gasteiger partial charge on any atom is -0.311 e. The van der Waals surface area contributed by atoms with Crippen LogP contribution in [0.4, 0.5) is 8.78 Å². The number of halogens is 2. The lowest BCUT2D eigenvalue weighted by Crippen LogP contribution is -2.58. The van der Waals surface area contributed by atoms with Crippen LogP contribution >= 0.6 is 0 Å². The van der Waals surface area contributed by atoms with Crippen LogP contribution in [-0.4, -0.2) is 43.0 Å². The molecule has 0 aromatic carbocycles. The summed E-state index contributed by atoms with van der Waals surface area (Å²) in [6.45, 7) is 3.82. The molecule has 1 N–H and O–H groups in total. The zero-order valence-electron chi connectivity index (χ0n) is 9.96. The van der Waals surface area contributed by atoms with Gasteiger partial charge in [0.05, 0.1) is 6.54 Å². The number of hydrogen-bond donors (Lipinski definition) is 1. The Kier molecular flexibility index (Phi) is 4.14. The van der Waals surface area contributed by atoms with Crippen molar-refractivity contribution >= 4 is 0 Å². The Morgan fingerprint density at radius 1 is 1.38 bits per heavy atom. The highest BCUT2D eigenvalue weighted by molar-refractivity contribution is 4.95. The van der Waals surface area contributed by atoms with E-state index < -0.39 is 6.43 Å². The summed E-state index contributed by atoms with van der Waals surface area (Å²) in [5.41, 5.74) is 0. The van der Waals surface area contributed by atoms with E-state index in [9.17, 15) is 8.78 Å². The van der Waals surface area contributed by atoms with Crippen LogP contribution in [0.3, 0.4) is 0 Å². The second-order valence-corrected chi connectivity index (χ2v) is 5.14.